The molecule has 2 atom stereocenters. The number of pyridine rings is 2. The molecule has 15 heteroatoms. The molecule has 7 heterocycles. The Balaban J connectivity index is 0.000000151. The fourth-order valence-electron chi connectivity index (χ4n) is 8.29. The van der Waals surface area contributed by atoms with Crippen LogP contribution in [-0.2, 0) is 0 Å². The average Bonchev–Trinajstić information content (AvgIpc) is 4.18. The van der Waals surface area contributed by atoms with E-state index in [1.54, 1.807) is 40.1 Å². The van der Waals surface area contributed by atoms with Gasteiger partial charge in [0.25, 0.3) is 0 Å². The first kappa shape index (κ1) is 37.5. The molecule has 2 aliphatic carbocycles. The molecule has 0 radical (unpaired) electrons. The van der Waals surface area contributed by atoms with Gasteiger partial charge in [-0.15, -0.1) is 0 Å². The zero-order valence-electron chi connectivity index (χ0n) is 32.6. The van der Waals surface area contributed by atoms with E-state index in [0.29, 0.717) is 65.1 Å². The van der Waals surface area contributed by atoms with Crippen molar-refractivity contribution in [3.8, 4) is 11.6 Å². The van der Waals surface area contributed by atoms with Crippen molar-refractivity contribution in [3.05, 3.63) is 78.4 Å². The number of urea groups is 1. The number of methoxy groups -OCH3 is 1. The number of nitrogens with zero attached hydrogens (tertiary/aromatic N) is 8. The summed E-state index contributed by atoms with van der Waals surface area (Å²) in [4.78, 5) is 76.5. The quantitative estimate of drug-likeness (QED) is 0.156. The van der Waals surface area contributed by atoms with Gasteiger partial charge in [0.15, 0.2) is 23.2 Å². The highest BCUT2D eigenvalue weighted by atomic mass is 16.6. The molecule has 2 saturated carbocycles. The van der Waals surface area contributed by atoms with Crippen molar-refractivity contribution in [2.75, 3.05) is 58.2 Å². The van der Waals surface area contributed by atoms with E-state index in [1.165, 1.54) is 39.1 Å². The number of nitrogens with one attached hydrogen (secondary N) is 1. The Bertz CT molecular complexity index is 2210. The molecular formula is C43H47N9O6. The Morgan fingerprint density at radius 2 is 1.28 bits per heavy atom. The lowest BCUT2D eigenvalue weighted by atomic mass is 10.1. The highest BCUT2D eigenvalue weighted by molar-refractivity contribution is 6.05. The van der Waals surface area contributed by atoms with Gasteiger partial charge in [0.1, 0.15) is 29.3 Å². The molecule has 1 N–H and O–H groups in total. The SMILES string of the molecule is COc1cc(NC(=O)N2c3nc(C(=O)CCC4CC4)ccc3N3CC[C@H]2C3)ncn1.O=C(CCC1CC1)c1ccc2c(n1)N(C(=O)Oc1ccccc1)[C@H]1CCN2C1. The number of Topliss-reactive ketones (excluding diaryl/α,β-unsaturated/α-hetero) is 2. The first-order valence-electron chi connectivity index (χ1n) is 20.4. The van der Waals surface area contributed by atoms with E-state index in [4.69, 9.17) is 9.47 Å². The Labute approximate surface area is 336 Å². The predicted octanol–water partition coefficient (Wildman–Crippen LogP) is 6.94. The van der Waals surface area contributed by atoms with Gasteiger partial charge in [0.2, 0.25) is 5.88 Å². The summed E-state index contributed by atoms with van der Waals surface area (Å²) >= 11 is 0. The van der Waals surface area contributed by atoms with Crippen LogP contribution in [0.25, 0.3) is 0 Å². The minimum atomic E-state index is -0.436. The van der Waals surface area contributed by atoms with Crippen molar-refractivity contribution >= 4 is 52.5 Å². The molecule has 3 aromatic heterocycles. The predicted molar refractivity (Wildman–Crippen MR) is 217 cm³/mol. The first-order chi connectivity index (χ1) is 28.3. The van der Waals surface area contributed by atoms with E-state index in [0.717, 1.165) is 63.2 Å². The lowest BCUT2D eigenvalue weighted by molar-refractivity contribution is 0.0965. The molecule has 2 saturated heterocycles. The van der Waals surface area contributed by atoms with Crippen molar-refractivity contribution in [1.29, 1.82) is 0 Å². The van der Waals surface area contributed by atoms with Gasteiger partial charge in [0, 0.05) is 45.1 Å². The second-order valence-electron chi connectivity index (χ2n) is 16.0. The van der Waals surface area contributed by atoms with E-state index < -0.39 is 6.09 Å². The summed E-state index contributed by atoms with van der Waals surface area (Å²) < 4.78 is 10.7. The van der Waals surface area contributed by atoms with Crippen molar-refractivity contribution in [3.63, 3.8) is 0 Å². The minimum absolute atomic E-state index is 0.00514. The molecule has 4 fully saturated rings. The number of rotatable bonds is 11. The van der Waals surface area contributed by atoms with E-state index in [9.17, 15) is 19.2 Å². The fraction of sp³-hybridized carbons (Fsp3) is 0.442. The highest BCUT2D eigenvalue weighted by Crippen LogP contribution is 2.41. The number of hydrogen-bond donors (Lipinski definition) is 1. The van der Waals surface area contributed by atoms with Crippen LogP contribution in [-0.4, -0.2) is 89.0 Å². The molecule has 0 spiro atoms. The number of fused-ring (bicyclic) bond motifs is 8. The van der Waals surface area contributed by atoms with Gasteiger partial charge < -0.3 is 19.3 Å². The number of carbonyl (C=O) groups excluding carboxylic acids is 4. The maximum absolute atomic E-state index is 13.2. The normalized spacial score (nSPS) is 19.7. The maximum Gasteiger partial charge on any atom is 0.421 e. The molecule has 300 valence electrons. The molecule has 4 bridgehead atoms. The molecule has 6 aliphatic rings. The van der Waals surface area contributed by atoms with Crippen LogP contribution in [0.2, 0.25) is 0 Å². The number of ketones is 2. The van der Waals surface area contributed by atoms with Crippen molar-refractivity contribution in [2.24, 2.45) is 11.8 Å². The molecule has 1 aromatic carbocycles. The Morgan fingerprint density at radius 3 is 1.84 bits per heavy atom. The van der Waals surface area contributed by atoms with Crippen LogP contribution in [0.1, 0.15) is 85.2 Å². The molecule has 15 nitrogen and oxygen atoms in total. The van der Waals surface area contributed by atoms with E-state index in [2.05, 4.69) is 35.1 Å². The molecular weight excluding hydrogens is 739 g/mol. The molecule has 10 rings (SSSR count). The summed E-state index contributed by atoms with van der Waals surface area (Å²) in [5, 5.41) is 2.82. The standard InChI is InChI=1S/C22H23N3O3.C21H24N6O3/c26-20(11-8-15-6-7-15)18-9-10-19-21(23-18)25(16-12-13-24(19)14-16)22(27)28-17-4-2-1-3-5-17;1-30-19-10-18(22-12-23-19)25-21(29)27-14-8-9-26(11-14)16-6-5-15(24-20(16)27)17(28)7-4-13-2-3-13/h1-5,9-10,15-16H,6-8,11-14H2;5-6,10,12-14H,2-4,7-9,11H2,1H3,(H,22,23,25,29)/t16-;14-/m00/s1. The summed E-state index contributed by atoms with van der Waals surface area (Å²) in [5.74, 6) is 3.82. The van der Waals surface area contributed by atoms with Crippen LogP contribution in [0.4, 0.5) is 38.4 Å². The Hall–Kier alpha value is -6.12. The van der Waals surface area contributed by atoms with Gasteiger partial charge in [-0.05, 0) is 73.9 Å². The molecule has 0 unspecified atom stereocenters. The zero-order chi connectivity index (χ0) is 39.8. The zero-order valence-corrected chi connectivity index (χ0v) is 32.6. The number of anilines is 5. The third kappa shape index (κ3) is 8.02. The third-order valence-electron chi connectivity index (χ3n) is 11.9. The number of carbonyl (C=O) groups is 4. The fourth-order valence-corrected chi connectivity index (χ4v) is 8.29. The van der Waals surface area contributed by atoms with Crippen LogP contribution in [0.3, 0.4) is 0 Å². The highest BCUT2D eigenvalue weighted by Gasteiger charge is 2.42. The Morgan fingerprint density at radius 1 is 0.707 bits per heavy atom. The van der Waals surface area contributed by atoms with E-state index in [1.807, 2.05) is 30.3 Å². The smallest absolute Gasteiger partial charge is 0.421 e. The average molecular weight is 786 g/mol. The summed E-state index contributed by atoms with van der Waals surface area (Å²) in [6, 6.07) is 17.8. The largest absolute Gasteiger partial charge is 0.481 e. The summed E-state index contributed by atoms with van der Waals surface area (Å²) in [6.45, 7) is 3.26. The van der Waals surface area contributed by atoms with Gasteiger partial charge in [-0.3, -0.25) is 24.7 Å². The summed E-state index contributed by atoms with van der Waals surface area (Å²) in [5.41, 5.74) is 2.66. The van der Waals surface area contributed by atoms with E-state index in [-0.39, 0.29) is 29.7 Å². The van der Waals surface area contributed by atoms with Crippen molar-refractivity contribution in [1.82, 2.24) is 19.9 Å². The lowest BCUT2D eigenvalue weighted by Crippen LogP contribution is -2.48. The van der Waals surface area contributed by atoms with Crippen LogP contribution < -0.4 is 34.4 Å². The minimum Gasteiger partial charge on any atom is -0.481 e. The number of hydrogen-bond acceptors (Lipinski definition) is 12. The summed E-state index contributed by atoms with van der Waals surface area (Å²) in [6.07, 6.45) is 10.4. The topological polar surface area (TPSA) is 163 Å². The van der Waals surface area contributed by atoms with Crippen molar-refractivity contribution < 1.29 is 28.7 Å². The number of benzene rings is 1. The second-order valence-corrected chi connectivity index (χ2v) is 16.0. The molecule has 4 aliphatic heterocycles. The van der Waals surface area contributed by atoms with E-state index >= 15 is 0 Å². The van der Waals surface area contributed by atoms with Crippen LogP contribution in [0.15, 0.2) is 67.0 Å². The maximum atomic E-state index is 13.2. The van der Waals surface area contributed by atoms with Gasteiger partial charge in [-0.25, -0.2) is 29.5 Å². The second kappa shape index (κ2) is 16.0. The molecule has 3 amide bonds. The number of ether oxygens (including phenoxy) is 2. The Kier molecular flexibility index (Phi) is 10.3. The summed E-state index contributed by atoms with van der Waals surface area (Å²) in [7, 11) is 1.51. The lowest BCUT2D eigenvalue weighted by Gasteiger charge is -2.35. The van der Waals surface area contributed by atoms with Crippen LogP contribution in [0.5, 0.6) is 11.6 Å². The molecule has 4 aromatic rings. The van der Waals surface area contributed by atoms with Crippen LogP contribution in [0, 0.1) is 11.8 Å². The number of aromatic nitrogens is 4. The van der Waals surface area contributed by atoms with Gasteiger partial charge in [0.05, 0.1) is 30.6 Å². The van der Waals surface area contributed by atoms with Crippen molar-refractivity contribution in [2.45, 2.75) is 76.3 Å². The number of amides is 3. The van der Waals surface area contributed by atoms with Gasteiger partial charge in [-0.2, -0.15) is 0 Å². The molecule has 58 heavy (non-hydrogen) atoms. The first-order valence-corrected chi connectivity index (χ1v) is 20.4. The number of para-hydroxylation sites is 1. The van der Waals surface area contributed by atoms with Gasteiger partial charge in [-0.1, -0.05) is 43.9 Å². The van der Waals surface area contributed by atoms with Crippen LogP contribution >= 0.6 is 0 Å². The third-order valence-corrected chi connectivity index (χ3v) is 11.9. The van der Waals surface area contributed by atoms with Gasteiger partial charge >= 0.3 is 12.1 Å². The monoisotopic (exact) mass is 785 g/mol.